The van der Waals surface area contributed by atoms with Crippen LogP contribution >= 0.6 is 0 Å². The van der Waals surface area contributed by atoms with Crippen molar-refractivity contribution in [2.75, 3.05) is 7.05 Å². The molecule has 2 heterocycles. The van der Waals surface area contributed by atoms with Gasteiger partial charge in [-0.25, -0.2) is 0 Å². The maximum atomic E-state index is 12.6. The molecule has 1 saturated heterocycles. The first-order chi connectivity index (χ1) is 11.1. The van der Waals surface area contributed by atoms with E-state index in [9.17, 15) is 14.4 Å². The third kappa shape index (κ3) is 1.76. The minimum absolute atomic E-state index is 0.214. The normalized spacial score (nSPS) is 23.1. The standard InChI is InChI=1S/C18H14N2O3/c1-19-14(11-7-3-2-4-8-11)15(18(19)23)20-16(21)12-9-5-6-10-13(12)17(20)22/h2-10,14-15H,1H3. The molecule has 4 rings (SSSR count). The molecule has 3 amide bonds. The van der Waals surface area contributed by atoms with Crippen molar-refractivity contribution in [3.63, 3.8) is 0 Å². The van der Waals surface area contributed by atoms with Gasteiger partial charge in [0, 0.05) is 7.05 Å². The highest BCUT2D eigenvalue weighted by molar-refractivity contribution is 6.23. The van der Waals surface area contributed by atoms with Gasteiger partial charge in [-0.3, -0.25) is 19.3 Å². The van der Waals surface area contributed by atoms with Crippen molar-refractivity contribution in [2.45, 2.75) is 12.1 Å². The Kier molecular flexibility index (Phi) is 2.84. The van der Waals surface area contributed by atoms with Crippen molar-refractivity contribution >= 4 is 17.7 Å². The van der Waals surface area contributed by atoms with Crippen LogP contribution in [0.5, 0.6) is 0 Å². The largest absolute Gasteiger partial charge is 0.334 e. The molecular weight excluding hydrogens is 292 g/mol. The van der Waals surface area contributed by atoms with E-state index in [-0.39, 0.29) is 11.9 Å². The van der Waals surface area contributed by atoms with Gasteiger partial charge in [0.2, 0.25) is 5.91 Å². The van der Waals surface area contributed by atoms with Gasteiger partial charge in [-0.1, -0.05) is 42.5 Å². The number of nitrogens with zero attached hydrogens (tertiary/aromatic N) is 2. The minimum atomic E-state index is -0.769. The number of likely N-dealkylation sites (N-methyl/N-ethyl adjacent to an activating group) is 1. The highest BCUT2D eigenvalue weighted by atomic mass is 16.2. The number of carbonyl (C=O) groups is 3. The molecule has 2 unspecified atom stereocenters. The van der Waals surface area contributed by atoms with Crippen molar-refractivity contribution in [2.24, 2.45) is 0 Å². The van der Waals surface area contributed by atoms with Crippen molar-refractivity contribution in [3.8, 4) is 0 Å². The summed E-state index contributed by atoms with van der Waals surface area (Å²) in [6, 6.07) is 15.1. The third-order valence-corrected chi connectivity index (χ3v) is 4.56. The molecule has 0 saturated carbocycles. The Morgan fingerprint density at radius 2 is 1.26 bits per heavy atom. The first-order valence-electron chi connectivity index (χ1n) is 7.40. The van der Waals surface area contributed by atoms with Crippen LogP contribution < -0.4 is 0 Å². The van der Waals surface area contributed by atoms with Crippen LogP contribution in [0.4, 0.5) is 0 Å². The van der Waals surface area contributed by atoms with Crippen LogP contribution in [0.15, 0.2) is 54.6 Å². The van der Waals surface area contributed by atoms with E-state index < -0.39 is 17.9 Å². The fourth-order valence-corrected chi connectivity index (χ4v) is 3.38. The van der Waals surface area contributed by atoms with Gasteiger partial charge in [0.15, 0.2) is 0 Å². The number of β-lactam (4-membered cyclic amide) rings is 1. The molecule has 2 aliphatic heterocycles. The lowest BCUT2D eigenvalue weighted by Gasteiger charge is -2.48. The lowest BCUT2D eigenvalue weighted by atomic mass is 9.88. The summed E-state index contributed by atoms with van der Waals surface area (Å²) >= 11 is 0. The van der Waals surface area contributed by atoms with E-state index >= 15 is 0 Å². The molecular formula is C18H14N2O3. The number of fused-ring (bicyclic) bond motifs is 1. The molecule has 5 nitrogen and oxygen atoms in total. The van der Waals surface area contributed by atoms with Gasteiger partial charge in [-0.2, -0.15) is 0 Å². The van der Waals surface area contributed by atoms with Gasteiger partial charge in [0.25, 0.3) is 11.8 Å². The topological polar surface area (TPSA) is 57.7 Å². The maximum absolute atomic E-state index is 12.6. The number of carbonyl (C=O) groups excluding carboxylic acids is 3. The second kappa shape index (κ2) is 4.78. The van der Waals surface area contributed by atoms with E-state index in [0.29, 0.717) is 11.1 Å². The summed E-state index contributed by atoms with van der Waals surface area (Å²) in [4.78, 5) is 40.3. The number of hydrogen-bond acceptors (Lipinski definition) is 3. The average Bonchev–Trinajstić information content (AvgIpc) is 2.84. The zero-order chi connectivity index (χ0) is 16.1. The Morgan fingerprint density at radius 1 is 0.739 bits per heavy atom. The van der Waals surface area contributed by atoms with Crippen LogP contribution in [0.1, 0.15) is 32.3 Å². The van der Waals surface area contributed by atoms with Gasteiger partial charge in [-0.05, 0) is 17.7 Å². The van der Waals surface area contributed by atoms with Crippen molar-refractivity contribution in [1.82, 2.24) is 9.80 Å². The molecule has 0 aromatic heterocycles. The summed E-state index contributed by atoms with van der Waals surface area (Å²) in [6.45, 7) is 0. The smallest absolute Gasteiger partial charge is 0.262 e. The molecule has 1 fully saturated rings. The van der Waals surface area contributed by atoms with Crippen molar-refractivity contribution < 1.29 is 14.4 Å². The maximum Gasteiger partial charge on any atom is 0.262 e. The molecule has 2 aliphatic rings. The summed E-state index contributed by atoms with van der Waals surface area (Å²) in [5, 5.41) is 0. The third-order valence-electron chi connectivity index (χ3n) is 4.56. The van der Waals surface area contributed by atoms with E-state index in [1.165, 1.54) is 0 Å². The summed E-state index contributed by atoms with van der Waals surface area (Å²) in [7, 11) is 1.69. The zero-order valence-electron chi connectivity index (χ0n) is 12.5. The Labute approximate surface area is 133 Å². The van der Waals surface area contributed by atoms with Crippen LogP contribution in [-0.2, 0) is 4.79 Å². The lowest BCUT2D eigenvalue weighted by Crippen LogP contribution is -2.65. The second-order valence-electron chi connectivity index (χ2n) is 5.78. The highest BCUT2D eigenvalue weighted by Crippen LogP contribution is 2.40. The van der Waals surface area contributed by atoms with Crippen molar-refractivity contribution in [1.29, 1.82) is 0 Å². The van der Waals surface area contributed by atoms with Crippen LogP contribution in [0.3, 0.4) is 0 Å². The number of hydrogen-bond donors (Lipinski definition) is 0. The molecule has 0 radical (unpaired) electrons. The fourth-order valence-electron chi connectivity index (χ4n) is 3.38. The summed E-state index contributed by atoms with van der Waals surface area (Å²) in [5.74, 6) is -0.996. The van der Waals surface area contributed by atoms with E-state index in [0.717, 1.165) is 10.5 Å². The van der Waals surface area contributed by atoms with Gasteiger partial charge in [0.05, 0.1) is 17.2 Å². The van der Waals surface area contributed by atoms with E-state index in [4.69, 9.17) is 0 Å². The van der Waals surface area contributed by atoms with E-state index in [1.807, 2.05) is 30.3 Å². The predicted octanol–water partition coefficient (Wildman–Crippen LogP) is 1.86. The number of likely N-dealkylation sites (tertiary alicyclic amines) is 1. The number of benzene rings is 2. The number of rotatable bonds is 2. The molecule has 0 N–H and O–H groups in total. The van der Waals surface area contributed by atoms with Gasteiger partial charge < -0.3 is 4.90 Å². The number of imide groups is 1. The minimum Gasteiger partial charge on any atom is -0.334 e. The predicted molar refractivity (Wildman–Crippen MR) is 82.7 cm³/mol. The first kappa shape index (κ1) is 13.7. The fraction of sp³-hybridized carbons (Fsp3) is 0.167. The van der Waals surface area contributed by atoms with Crippen LogP contribution in [0.25, 0.3) is 0 Å². The first-order valence-corrected chi connectivity index (χ1v) is 7.40. The van der Waals surface area contributed by atoms with Gasteiger partial charge in [-0.15, -0.1) is 0 Å². The molecule has 5 heteroatoms. The molecule has 2 aromatic rings. The Bertz CT molecular complexity index is 796. The zero-order valence-corrected chi connectivity index (χ0v) is 12.5. The number of amides is 3. The summed E-state index contributed by atoms with van der Waals surface area (Å²) in [6.07, 6.45) is 0. The lowest BCUT2D eigenvalue weighted by molar-refractivity contribution is -0.153. The Balaban J connectivity index is 1.75. The van der Waals surface area contributed by atoms with E-state index in [1.54, 1.807) is 36.2 Å². The molecule has 23 heavy (non-hydrogen) atoms. The van der Waals surface area contributed by atoms with E-state index in [2.05, 4.69) is 0 Å². The molecule has 2 aromatic carbocycles. The quantitative estimate of drug-likeness (QED) is 0.628. The molecule has 0 spiro atoms. The average molecular weight is 306 g/mol. The Morgan fingerprint density at radius 3 is 1.83 bits per heavy atom. The second-order valence-corrected chi connectivity index (χ2v) is 5.78. The van der Waals surface area contributed by atoms with Crippen LogP contribution in [-0.4, -0.2) is 40.6 Å². The van der Waals surface area contributed by atoms with Gasteiger partial charge >= 0.3 is 0 Å². The summed E-state index contributed by atoms with van der Waals surface area (Å²) in [5.41, 5.74) is 1.65. The van der Waals surface area contributed by atoms with Crippen LogP contribution in [0, 0.1) is 0 Å². The molecule has 2 atom stereocenters. The Hall–Kier alpha value is -2.95. The van der Waals surface area contributed by atoms with Crippen LogP contribution in [0.2, 0.25) is 0 Å². The van der Waals surface area contributed by atoms with Gasteiger partial charge in [0.1, 0.15) is 6.04 Å². The molecule has 0 aliphatic carbocycles. The van der Waals surface area contributed by atoms with Crippen molar-refractivity contribution in [3.05, 3.63) is 71.3 Å². The molecule has 0 bridgehead atoms. The monoisotopic (exact) mass is 306 g/mol. The SMILES string of the molecule is CN1C(=O)C(N2C(=O)c3ccccc3C2=O)C1c1ccccc1. The molecule has 114 valence electrons. The highest BCUT2D eigenvalue weighted by Gasteiger charge is 2.55. The summed E-state index contributed by atoms with van der Waals surface area (Å²) < 4.78 is 0.